The average molecular weight is 593 g/mol. The maximum absolute atomic E-state index is 11.6. The highest BCUT2D eigenvalue weighted by Gasteiger charge is 2.48. The fourth-order valence-corrected chi connectivity index (χ4v) is 4.02. The molecule has 8 atom stereocenters. The minimum Gasteiger partial charge on any atom is -0.508 e. The van der Waals surface area contributed by atoms with Crippen molar-refractivity contribution in [2.75, 3.05) is 13.2 Å². The Morgan fingerprint density at radius 2 is 1.48 bits per heavy atom. The van der Waals surface area contributed by atoms with Gasteiger partial charge in [-0.3, -0.25) is 14.8 Å². The lowest BCUT2D eigenvalue weighted by atomic mass is 9.99. The van der Waals surface area contributed by atoms with Crippen LogP contribution < -0.4 is 0 Å². The zero-order valence-corrected chi connectivity index (χ0v) is 22.8. The Kier molecular flexibility index (Phi) is 12.8. The van der Waals surface area contributed by atoms with Crippen LogP contribution in [-0.4, -0.2) is 117 Å². The zero-order chi connectivity index (χ0) is 30.6. The number of rotatable bonds is 14. The van der Waals surface area contributed by atoms with E-state index in [1.807, 2.05) is 0 Å². The summed E-state index contributed by atoms with van der Waals surface area (Å²) >= 11 is 0. The van der Waals surface area contributed by atoms with Gasteiger partial charge in [-0.2, -0.15) is 0 Å². The minimum atomic E-state index is -1.71. The predicted molar refractivity (Wildman–Crippen MR) is 147 cm³/mol. The van der Waals surface area contributed by atoms with Crippen molar-refractivity contribution in [1.82, 2.24) is 0 Å². The van der Waals surface area contributed by atoms with E-state index in [1.165, 1.54) is 30.5 Å². The monoisotopic (exact) mass is 592 g/mol. The number of phenolic OH excluding ortho intramolecular Hbond substituents is 2. The summed E-state index contributed by atoms with van der Waals surface area (Å²) < 4.78 is 21.9. The molecule has 7 N–H and O–H groups in total. The largest absolute Gasteiger partial charge is 0.508 e. The molecule has 0 aromatic heterocycles. The van der Waals surface area contributed by atoms with Crippen LogP contribution in [0.3, 0.4) is 0 Å². The van der Waals surface area contributed by atoms with E-state index in [0.29, 0.717) is 0 Å². The van der Waals surface area contributed by atoms with Crippen molar-refractivity contribution >= 4 is 18.4 Å². The Morgan fingerprint density at radius 3 is 1.98 bits per heavy atom. The SMILES string of the molecule is CC(=O)O[C@H]1[C@H](O)[C@@H](O[C@H](C=NCc2ccc(O)cc2)[C@H](CO)O[C@H](O)C=NCc2ccc(O)cc2)O[C@@H](CO)[C@@H]1O. The van der Waals surface area contributed by atoms with Gasteiger partial charge in [-0.1, -0.05) is 24.3 Å². The van der Waals surface area contributed by atoms with E-state index in [1.54, 1.807) is 24.3 Å². The number of aromatic hydroxyl groups is 2. The van der Waals surface area contributed by atoms with Crippen molar-refractivity contribution < 1.29 is 59.5 Å². The molecular weight excluding hydrogens is 556 g/mol. The predicted octanol–water partition coefficient (Wildman–Crippen LogP) is -0.609. The van der Waals surface area contributed by atoms with Crippen LogP contribution in [0.15, 0.2) is 58.5 Å². The van der Waals surface area contributed by atoms with Gasteiger partial charge in [-0.15, -0.1) is 0 Å². The Labute approximate surface area is 241 Å². The molecule has 42 heavy (non-hydrogen) atoms. The van der Waals surface area contributed by atoms with Crippen LogP contribution in [0.4, 0.5) is 0 Å². The summed E-state index contributed by atoms with van der Waals surface area (Å²) in [4.78, 5) is 19.9. The van der Waals surface area contributed by atoms with E-state index in [-0.39, 0.29) is 24.6 Å². The number of aliphatic hydroxyl groups excluding tert-OH is 5. The van der Waals surface area contributed by atoms with Crippen LogP contribution in [0.1, 0.15) is 18.1 Å². The summed E-state index contributed by atoms with van der Waals surface area (Å²) in [7, 11) is 0. The van der Waals surface area contributed by atoms with Crippen molar-refractivity contribution in [3.8, 4) is 11.5 Å². The Balaban J connectivity index is 1.77. The first-order valence-electron chi connectivity index (χ1n) is 13.1. The number of nitrogens with zero attached hydrogens (tertiary/aromatic N) is 2. The Morgan fingerprint density at radius 1 is 0.929 bits per heavy atom. The lowest BCUT2D eigenvalue weighted by molar-refractivity contribution is -0.315. The summed E-state index contributed by atoms with van der Waals surface area (Å²) in [5.74, 6) is -0.625. The van der Waals surface area contributed by atoms with E-state index in [9.17, 15) is 40.5 Å². The summed E-state index contributed by atoms with van der Waals surface area (Å²) in [5.41, 5.74) is 1.47. The van der Waals surface area contributed by atoms with Gasteiger partial charge in [0.25, 0.3) is 0 Å². The third-order valence-corrected chi connectivity index (χ3v) is 6.18. The van der Waals surface area contributed by atoms with Crippen LogP contribution in [0.25, 0.3) is 0 Å². The maximum atomic E-state index is 11.6. The van der Waals surface area contributed by atoms with E-state index in [0.717, 1.165) is 24.3 Å². The summed E-state index contributed by atoms with van der Waals surface area (Å²) in [6.07, 6.45) is -9.46. The molecule has 1 heterocycles. The lowest BCUT2D eigenvalue weighted by Gasteiger charge is -2.42. The molecule has 0 bridgehead atoms. The molecule has 0 radical (unpaired) electrons. The molecule has 230 valence electrons. The molecule has 14 nitrogen and oxygen atoms in total. The molecule has 0 unspecified atom stereocenters. The maximum Gasteiger partial charge on any atom is 0.303 e. The van der Waals surface area contributed by atoms with E-state index >= 15 is 0 Å². The molecule has 0 spiro atoms. The van der Waals surface area contributed by atoms with Crippen molar-refractivity contribution in [3.05, 3.63) is 59.7 Å². The minimum absolute atomic E-state index is 0.0742. The average Bonchev–Trinajstić information content (AvgIpc) is 2.96. The molecule has 1 fully saturated rings. The third-order valence-electron chi connectivity index (χ3n) is 6.18. The number of carbonyl (C=O) groups is 1. The van der Waals surface area contributed by atoms with Crippen LogP contribution in [0.5, 0.6) is 11.5 Å². The first kappa shape index (κ1) is 33.0. The van der Waals surface area contributed by atoms with E-state index < -0.39 is 68.4 Å². The molecule has 0 saturated carbocycles. The fraction of sp³-hybridized carbons (Fsp3) is 0.464. The van der Waals surface area contributed by atoms with E-state index in [4.69, 9.17) is 18.9 Å². The Hall–Kier alpha value is -3.47. The van der Waals surface area contributed by atoms with Gasteiger partial charge < -0.3 is 54.7 Å². The number of esters is 1. The molecular formula is C28H36N2O12. The number of benzene rings is 2. The highest BCUT2D eigenvalue weighted by atomic mass is 16.7. The van der Waals surface area contributed by atoms with Gasteiger partial charge in [0, 0.05) is 13.1 Å². The second kappa shape index (κ2) is 16.2. The lowest BCUT2D eigenvalue weighted by Crippen LogP contribution is -2.61. The van der Waals surface area contributed by atoms with Crippen LogP contribution >= 0.6 is 0 Å². The topological polar surface area (TPSA) is 220 Å². The van der Waals surface area contributed by atoms with Gasteiger partial charge in [0.2, 0.25) is 0 Å². The van der Waals surface area contributed by atoms with Gasteiger partial charge >= 0.3 is 5.97 Å². The molecule has 1 saturated heterocycles. The first-order valence-corrected chi connectivity index (χ1v) is 13.1. The molecule has 0 amide bonds. The van der Waals surface area contributed by atoms with Crippen molar-refractivity contribution in [1.29, 1.82) is 0 Å². The molecule has 0 aliphatic carbocycles. The summed E-state index contributed by atoms with van der Waals surface area (Å²) in [6, 6.07) is 12.5. The highest BCUT2D eigenvalue weighted by Crippen LogP contribution is 2.26. The molecule has 14 heteroatoms. The van der Waals surface area contributed by atoms with Gasteiger partial charge in [0.1, 0.15) is 42.0 Å². The smallest absolute Gasteiger partial charge is 0.303 e. The van der Waals surface area contributed by atoms with Gasteiger partial charge in [-0.05, 0) is 35.4 Å². The van der Waals surface area contributed by atoms with Crippen molar-refractivity contribution in [2.24, 2.45) is 9.98 Å². The van der Waals surface area contributed by atoms with E-state index in [2.05, 4.69) is 9.98 Å². The summed E-state index contributed by atoms with van der Waals surface area (Å²) in [5, 5.41) is 70.2. The standard InChI is InChI=1S/C28H36N2O12/c1-16(33)39-27-25(37)23(15-32)42-28(26(27)38)41-21(12-29-10-17-2-6-19(34)7-3-17)22(14-31)40-24(36)13-30-11-18-4-8-20(35)9-5-18/h2-9,12-13,21-28,31-32,34-38H,10-11,14-15H2,1H3/t21-,22+,23+,24+,25+,26+,27-,28+/m1/s1. The van der Waals surface area contributed by atoms with Gasteiger partial charge in [0.15, 0.2) is 18.7 Å². The van der Waals surface area contributed by atoms with Crippen molar-refractivity contribution in [2.45, 2.75) is 69.2 Å². The second-order valence-electron chi connectivity index (χ2n) is 9.44. The number of ether oxygens (including phenoxy) is 4. The first-order chi connectivity index (χ1) is 20.1. The Bertz CT molecular complexity index is 1160. The quantitative estimate of drug-likeness (QED) is 0.0830. The normalized spacial score (nSPS) is 25.0. The zero-order valence-electron chi connectivity index (χ0n) is 22.8. The van der Waals surface area contributed by atoms with Crippen LogP contribution in [0.2, 0.25) is 0 Å². The molecule has 2 aromatic rings. The number of aliphatic hydroxyl groups is 5. The summed E-state index contributed by atoms with van der Waals surface area (Å²) in [6.45, 7) is -0.0138. The number of phenols is 2. The molecule has 2 aromatic carbocycles. The number of hydrogen-bond donors (Lipinski definition) is 7. The fourth-order valence-electron chi connectivity index (χ4n) is 4.02. The van der Waals surface area contributed by atoms with Crippen LogP contribution in [-0.2, 0) is 36.8 Å². The second-order valence-corrected chi connectivity index (χ2v) is 9.44. The highest BCUT2D eigenvalue weighted by molar-refractivity contribution is 5.66. The van der Waals surface area contributed by atoms with Gasteiger partial charge in [0.05, 0.1) is 32.5 Å². The third kappa shape index (κ3) is 9.82. The number of aliphatic imine (C=N–C) groups is 2. The van der Waals surface area contributed by atoms with Crippen LogP contribution in [0, 0.1) is 0 Å². The number of hydrogen-bond acceptors (Lipinski definition) is 14. The van der Waals surface area contributed by atoms with Gasteiger partial charge in [-0.25, -0.2) is 0 Å². The molecule has 3 rings (SSSR count). The molecule has 1 aliphatic heterocycles. The number of carbonyl (C=O) groups excluding carboxylic acids is 1. The molecule has 1 aliphatic rings. The van der Waals surface area contributed by atoms with Crippen molar-refractivity contribution in [3.63, 3.8) is 0 Å².